The fourth-order valence-corrected chi connectivity index (χ4v) is 4.38. The molecule has 2 fully saturated rings. The summed E-state index contributed by atoms with van der Waals surface area (Å²) in [5, 5.41) is 3.36. The number of carbonyl (C=O) groups excluding carboxylic acids is 2. The van der Waals surface area contributed by atoms with E-state index in [1.165, 1.54) is 0 Å². The van der Waals surface area contributed by atoms with Crippen molar-refractivity contribution in [2.75, 3.05) is 39.3 Å². The van der Waals surface area contributed by atoms with Gasteiger partial charge in [0.15, 0.2) is 5.96 Å². The Morgan fingerprint density at radius 1 is 1.26 bits per heavy atom. The summed E-state index contributed by atoms with van der Waals surface area (Å²) < 4.78 is 0. The summed E-state index contributed by atoms with van der Waals surface area (Å²) in [5.41, 5.74) is -0.230. The monoisotopic (exact) mass is 379 g/mol. The molecule has 7 heteroatoms. The zero-order chi connectivity index (χ0) is 20.2. The first-order valence-corrected chi connectivity index (χ1v) is 10.3. The van der Waals surface area contributed by atoms with Gasteiger partial charge in [0.25, 0.3) is 0 Å². The number of guanidine groups is 1. The summed E-state index contributed by atoms with van der Waals surface area (Å²) in [4.78, 5) is 35.1. The summed E-state index contributed by atoms with van der Waals surface area (Å²) >= 11 is 0. The molecule has 7 nitrogen and oxygen atoms in total. The van der Waals surface area contributed by atoms with Crippen molar-refractivity contribution in [2.24, 2.45) is 10.9 Å². The fourth-order valence-electron chi connectivity index (χ4n) is 4.38. The molecule has 0 aromatic rings. The maximum absolute atomic E-state index is 12.7. The van der Waals surface area contributed by atoms with Gasteiger partial charge in [0.1, 0.15) is 0 Å². The summed E-state index contributed by atoms with van der Waals surface area (Å²) in [5.74, 6) is 1.64. The number of aliphatic imine (C=N–C) groups is 1. The van der Waals surface area contributed by atoms with Gasteiger partial charge >= 0.3 is 0 Å². The van der Waals surface area contributed by atoms with Crippen LogP contribution in [0.5, 0.6) is 0 Å². The quantitative estimate of drug-likeness (QED) is 0.594. The lowest BCUT2D eigenvalue weighted by molar-refractivity contribution is -0.145. The van der Waals surface area contributed by atoms with Gasteiger partial charge in [-0.3, -0.25) is 14.6 Å². The van der Waals surface area contributed by atoms with E-state index in [2.05, 4.69) is 44.8 Å². The maximum Gasteiger partial charge on any atom is 0.242 e. The molecule has 2 rings (SSSR count). The van der Waals surface area contributed by atoms with Crippen LogP contribution in [0.25, 0.3) is 0 Å². The molecular formula is C20H37N5O2. The van der Waals surface area contributed by atoms with Crippen molar-refractivity contribution in [1.29, 1.82) is 0 Å². The Hall–Kier alpha value is -1.79. The van der Waals surface area contributed by atoms with E-state index < -0.39 is 0 Å². The van der Waals surface area contributed by atoms with Crippen molar-refractivity contribution >= 4 is 17.8 Å². The molecular weight excluding hydrogens is 342 g/mol. The number of piperidine rings is 1. The molecule has 27 heavy (non-hydrogen) atoms. The van der Waals surface area contributed by atoms with E-state index in [9.17, 15) is 9.59 Å². The highest BCUT2D eigenvalue weighted by Gasteiger charge is 2.40. The largest absolute Gasteiger partial charge is 0.357 e. The van der Waals surface area contributed by atoms with Gasteiger partial charge in [0.2, 0.25) is 11.8 Å². The van der Waals surface area contributed by atoms with Crippen LogP contribution in [0.4, 0.5) is 0 Å². The third-order valence-corrected chi connectivity index (χ3v) is 5.53. The molecule has 0 bridgehead atoms. The first kappa shape index (κ1) is 21.5. The first-order chi connectivity index (χ1) is 12.7. The number of hydrogen-bond donors (Lipinski definition) is 1. The minimum Gasteiger partial charge on any atom is -0.357 e. The standard InChI is InChI=1S/C20H37N5O2/c1-7-21-19(22-12-17-8-10-23(11-9-17)16(4)26)24-13-18(27)25(15(2)3)20(5,6)14-24/h15,17H,7-14H2,1-6H3,(H,21,22). The number of hydrogen-bond acceptors (Lipinski definition) is 3. The molecule has 0 spiro atoms. The molecule has 2 amide bonds. The van der Waals surface area contributed by atoms with Crippen molar-refractivity contribution in [3.05, 3.63) is 0 Å². The fraction of sp³-hybridized carbons (Fsp3) is 0.850. The van der Waals surface area contributed by atoms with Crippen LogP contribution in [-0.4, -0.2) is 83.3 Å². The van der Waals surface area contributed by atoms with Gasteiger partial charge in [-0.15, -0.1) is 0 Å². The van der Waals surface area contributed by atoms with E-state index in [0.717, 1.165) is 51.5 Å². The van der Waals surface area contributed by atoms with E-state index in [1.54, 1.807) is 6.92 Å². The second-order valence-electron chi connectivity index (χ2n) is 8.67. The number of nitrogens with one attached hydrogen (secondary N) is 1. The van der Waals surface area contributed by atoms with Crippen LogP contribution in [0.15, 0.2) is 4.99 Å². The Balaban J connectivity index is 2.03. The lowest BCUT2D eigenvalue weighted by Crippen LogP contribution is -2.66. The molecule has 2 aliphatic heterocycles. The van der Waals surface area contributed by atoms with E-state index in [-0.39, 0.29) is 23.4 Å². The van der Waals surface area contributed by atoms with Gasteiger partial charge in [0, 0.05) is 45.7 Å². The molecule has 0 atom stereocenters. The number of piperazine rings is 1. The Morgan fingerprint density at radius 2 is 1.89 bits per heavy atom. The van der Waals surface area contributed by atoms with E-state index in [1.807, 2.05) is 9.80 Å². The predicted octanol–water partition coefficient (Wildman–Crippen LogP) is 1.54. The van der Waals surface area contributed by atoms with Crippen molar-refractivity contribution in [2.45, 2.75) is 66.0 Å². The maximum atomic E-state index is 12.7. The van der Waals surface area contributed by atoms with Crippen molar-refractivity contribution in [3.8, 4) is 0 Å². The molecule has 0 aliphatic carbocycles. The highest BCUT2D eigenvalue weighted by Crippen LogP contribution is 2.25. The Morgan fingerprint density at radius 3 is 2.37 bits per heavy atom. The topological polar surface area (TPSA) is 68.2 Å². The highest BCUT2D eigenvalue weighted by atomic mass is 16.2. The number of nitrogens with zero attached hydrogens (tertiary/aromatic N) is 4. The average molecular weight is 380 g/mol. The van der Waals surface area contributed by atoms with Crippen LogP contribution in [0.1, 0.15) is 54.4 Å². The molecule has 154 valence electrons. The molecule has 2 aliphatic rings. The van der Waals surface area contributed by atoms with Gasteiger partial charge < -0.3 is 20.0 Å². The van der Waals surface area contributed by atoms with Gasteiger partial charge in [-0.05, 0) is 53.4 Å². The second-order valence-corrected chi connectivity index (χ2v) is 8.67. The lowest BCUT2D eigenvalue weighted by Gasteiger charge is -2.49. The summed E-state index contributed by atoms with van der Waals surface area (Å²) in [6.45, 7) is 16.4. The highest BCUT2D eigenvalue weighted by molar-refractivity contribution is 5.88. The third kappa shape index (κ3) is 5.36. The Kier molecular flexibility index (Phi) is 7.12. The summed E-state index contributed by atoms with van der Waals surface area (Å²) in [6.07, 6.45) is 1.99. The molecule has 0 radical (unpaired) electrons. The zero-order valence-corrected chi connectivity index (χ0v) is 17.9. The van der Waals surface area contributed by atoms with Gasteiger partial charge in [0.05, 0.1) is 12.1 Å². The van der Waals surface area contributed by atoms with Gasteiger partial charge in [-0.2, -0.15) is 0 Å². The predicted molar refractivity (Wildman–Crippen MR) is 109 cm³/mol. The van der Waals surface area contributed by atoms with Gasteiger partial charge in [-0.25, -0.2) is 0 Å². The minimum atomic E-state index is -0.230. The minimum absolute atomic E-state index is 0.154. The lowest BCUT2D eigenvalue weighted by atomic mass is 9.96. The number of amides is 2. The molecule has 0 aromatic heterocycles. The Labute approximate surface area is 164 Å². The smallest absolute Gasteiger partial charge is 0.242 e. The Bertz CT molecular complexity index is 565. The SMILES string of the molecule is CCNC(=NCC1CCN(C(C)=O)CC1)N1CC(=O)N(C(C)C)C(C)(C)C1. The first-order valence-electron chi connectivity index (χ1n) is 10.3. The molecule has 2 saturated heterocycles. The van der Waals surface area contributed by atoms with Crippen molar-refractivity contribution < 1.29 is 9.59 Å². The van der Waals surface area contributed by atoms with Crippen LogP contribution in [0, 0.1) is 5.92 Å². The van der Waals surface area contributed by atoms with Crippen LogP contribution in [-0.2, 0) is 9.59 Å². The van der Waals surface area contributed by atoms with Crippen LogP contribution < -0.4 is 5.32 Å². The van der Waals surface area contributed by atoms with Crippen molar-refractivity contribution in [1.82, 2.24) is 20.0 Å². The molecule has 2 heterocycles. The third-order valence-electron chi connectivity index (χ3n) is 5.53. The zero-order valence-electron chi connectivity index (χ0n) is 17.9. The number of likely N-dealkylation sites (tertiary alicyclic amines) is 1. The van der Waals surface area contributed by atoms with Gasteiger partial charge in [-0.1, -0.05) is 0 Å². The van der Waals surface area contributed by atoms with Crippen molar-refractivity contribution in [3.63, 3.8) is 0 Å². The normalized spacial score (nSPS) is 21.8. The van der Waals surface area contributed by atoms with E-state index >= 15 is 0 Å². The van der Waals surface area contributed by atoms with Crippen LogP contribution in [0.2, 0.25) is 0 Å². The number of carbonyl (C=O) groups is 2. The summed E-state index contributed by atoms with van der Waals surface area (Å²) in [7, 11) is 0. The second kappa shape index (κ2) is 8.93. The average Bonchev–Trinajstić information content (AvgIpc) is 2.57. The molecule has 0 saturated carbocycles. The molecule has 0 aromatic carbocycles. The van der Waals surface area contributed by atoms with Crippen LogP contribution >= 0.6 is 0 Å². The molecule has 1 N–H and O–H groups in total. The van der Waals surface area contributed by atoms with Crippen LogP contribution in [0.3, 0.4) is 0 Å². The summed E-state index contributed by atoms with van der Waals surface area (Å²) in [6, 6.07) is 0.195. The number of rotatable bonds is 4. The molecule has 0 unspecified atom stereocenters. The van der Waals surface area contributed by atoms with E-state index in [0.29, 0.717) is 12.5 Å². The van der Waals surface area contributed by atoms with E-state index in [4.69, 9.17) is 4.99 Å².